The van der Waals surface area contributed by atoms with Crippen molar-refractivity contribution in [3.05, 3.63) is 0 Å². The van der Waals surface area contributed by atoms with Crippen molar-refractivity contribution in [1.82, 2.24) is 15.5 Å². The molecule has 2 amide bonds. The van der Waals surface area contributed by atoms with E-state index in [2.05, 4.69) is 22.5 Å². The molecule has 4 heteroatoms. The second kappa shape index (κ2) is 5.53. The first-order chi connectivity index (χ1) is 7.74. The predicted molar refractivity (Wildman–Crippen MR) is 64.4 cm³/mol. The summed E-state index contributed by atoms with van der Waals surface area (Å²) in [4.78, 5) is 13.8. The minimum Gasteiger partial charge on any atom is -0.337 e. The Kier molecular flexibility index (Phi) is 4.04. The summed E-state index contributed by atoms with van der Waals surface area (Å²) >= 11 is 0. The van der Waals surface area contributed by atoms with Gasteiger partial charge in [0.1, 0.15) is 0 Å². The van der Waals surface area contributed by atoms with Crippen molar-refractivity contribution in [2.24, 2.45) is 5.92 Å². The molecule has 0 atom stereocenters. The molecule has 4 nitrogen and oxygen atoms in total. The van der Waals surface area contributed by atoms with Crippen LogP contribution in [-0.2, 0) is 0 Å². The number of likely N-dealkylation sites (tertiary alicyclic amines) is 1. The summed E-state index contributed by atoms with van der Waals surface area (Å²) in [6.45, 7) is 6.45. The van der Waals surface area contributed by atoms with Crippen molar-refractivity contribution in [2.75, 3.05) is 26.2 Å². The monoisotopic (exact) mass is 225 g/mol. The van der Waals surface area contributed by atoms with E-state index in [0.717, 1.165) is 31.8 Å². The van der Waals surface area contributed by atoms with Gasteiger partial charge >= 0.3 is 6.03 Å². The smallest absolute Gasteiger partial charge is 0.315 e. The molecule has 0 spiro atoms. The molecule has 0 aromatic carbocycles. The molecule has 2 N–H and O–H groups in total. The van der Waals surface area contributed by atoms with Crippen molar-refractivity contribution in [2.45, 2.75) is 38.6 Å². The van der Waals surface area contributed by atoms with Gasteiger partial charge in [-0.05, 0) is 44.7 Å². The number of nitrogens with one attached hydrogen (secondary N) is 2. The van der Waals surface area contributed by atoms with Crippen molar-refractivity contribution in [3.8, 4) is 0 Å². The van der Waals surface area contributed by atoms with Gasteiger partial charge in [0, 0.05) is 19.1 Å². The minimum atomic E-state index is 0.00729. The van der Waals surface area contributed by atoms with Crippen LogP contribution in [0.25, 0.3) is 0 Å². The van der Waals surface area contributed by atoms with Gasteiger partial charge in [-0.15, -0.1) is 0 Å². The Balaban J connectivity index is 1.51. The molecule has 2 fully saturated rings. The molecule has 1 aliphatic heterocycles. The molecule has 0 unspecified atom stereocenters. The normalized spacial score (nSPS) is 23.1. The molecule has 1 saturated carbocycles. The summed E-state index contributed by atoms with van der Waals surface area (Å²) in [5.74, 6) is 0.877. The Morgan fingerprint density at radius 1 is 1.25 bits per heavy atom. The number of rotatable bonds is 4. The fraction of sp³-hybridized carbons (Fsp3) is 0.917. The van der Waals surface area contributed by atoms with E-state index in [0.29, 0.717) is 6.04 Å². The molecule has 2 aliphatic rings. The van der Waals surface area contributed by atoms with Crippen LogP contribution in [0, 0.1) is 5.92 Å². The molecule has 2 rings (SSSR count). The quantitative estimate of drug-likeness (QED) is 0.754. The summed E-state index contributed by atoms with van der Waals surface area (Å²) in [6.07, 6.45) is 4.90. The maximum absolute atomic E-state index is 11.3. The molecule has 16 heavy (non-hydrogen) atoms. The van der Waals surface area contributed by atoms with Crippen LogP contribution in [0.5, 0.6) is 0 Å². The van der Waals surface area contributed by atoms with Gasteiger partial charge in [-0.3, -0.25) is 0 Å². The van der Waals surface area contributed by atoms with E-state index in [1.54, 1.807) is 0 Å². The lowest BCUT2D eigenvalue weighted by Gasteiger charge is -2.30. The fourth-order valence-corrected chi connectivity index (χ4v) is 2.08. The highest BCUT2D eigenvalue weighted by atomic mass is 16.2. The highest BCUT2D eigenvalue weighted by Crippen LogP contribution is 2.18. The van der Waals surface area contributed by atoms with Crippen LogP contribution in [-0.4, -0.2) is 43.2 Å². The lowest BCUT2D eigenvalue weighted by atomic mass is 9.99. The van der Waals surface area contributed by atoms with Gasteiger partial charge < -0.3 is 15.5 Å². The Labute approximate surface area is 97.8 Å². The summed E-state index contributed by atoms with van der Waals surface area (Å²) < 4.78 is 0. The van der Waals surface area contributed by atoms with Gasteiger partial charge in [-0.2, -0.15) is 0 Å². The van der Waals surface area contributed by atoms with Crippen molar-refractivity contribution in [1.29, 1.82) is 0 Å². The number of carbonyl (C=O) groups is 1. The van der Waals surface area contributed by atoms with Gasteiger partial charge in [0.25, 0.3) is 0 Å². The van der Waals surface area contributed by atoms with Crippen molar-refractivity contribution < 1.29 is 4.79 Å². The van der Waals surface area contributed by atoms with E-state index in [4.69, 9.17) is 0 Å². The fourth-order valence-electron chi connectivity index (χ4n) is 2.08. The molecule has 1 saturated heterocycles. The standard InChI is InChI=1S/C12H23N3O/c1-10-4-7-15(8-5-10)9-6-13-12(16)14-11-2-3-11/h10-11H,2-9H2,1H3,(H2,13,14,16). The first-order valence-electron chi connectivity index (χ1n) is 6.51. The molecule has 0 bridgehead atoms. The predicted octanol–water partition coefficient (Wildman–Crippen LogP) is 1.18. The van der Waals surface area contributed by atoms with Crippen LogP contribution in [0.4, 0.5) is 4.79 Å². The Bertz CT molecular complexity index is 232. The van der Waals surface area contributed by atoms with Crippen LogP contribution >= 0.6 is 0 Å². The molecule has 1 heterocycles. The van der Waals surface area contributed by atoms with Crippen LogP contribution in [0.2, 0.25) is 0 Å². The molecule has 92 valence electrons. The third-order valence-electron chi connectivity index (χ3n) is 3.50. The first-order valence-corrected chi connectivity index (χ1v) is 6.51. The van der Waals surface area contributed by atoms with E-state index in [1.807, 2.05) is 0 Å². The summed E-state index contributed by atoms with van der Waals surface area (Å²) in [5.41, 5.74) is 0. The Morgan fingerprint density at radius 2 is 1.94 bits per heavy atom. The highest BCUT2D eigenvalue weighted by molar-refractivity contribution is 5.74. The largest absolute Gasteiger partial charge is 0.337 e. The van der Waals surface area contributed by atoms with Gasteiger partial charge in [0.15, 0.2) is 0 Å². The van der Waals surface area contributed by atoms with E-state index in [-0.39, 0.29) is 6.03 Å². The lowest BCUT2D eigenvalue weighted by molar-refractivity contribution is 0.191. The average molecular weight is 225 g/mol. The second-order valence-electron chi connectivity index (χ2n) is 5.20. The van der Waals surface area contributed by atoms with Gasteiger partial charge in [-0.1, -0.05) is 6.92 Å². The molecule has 0 aromatic heterocycles. The van der Waals surface area contributed by atoms with Crippen LogP contribution in [0.15, 0.2) is 0 Å². The maximum atomic E-state index is 11.3. The number of urea groups is 1. The summed E-state index contributed by atoms with van der Waals surface area (Å²) in [7, 11) is 0. The molecule has 1 aliphatic carbocycles. The third kappa shape index (κ3) is 4.00. The van der Waals surface area contributed by atoms with Crippen molar-refractivity contribution in [3.63, 3.8) is 0 Å². The number of hydrogen-bond donors (Lipinski definition) is 2. The lowest BCUT2D eigenvalue weighted by Crippen LogP contribution is -2.42. The molecular formula is C12H23N3O. The summed E-state index contributed by atoms with van der Waals surface area (Å²) in [6, 6.07) is 0.462. The number of carbonyl (C=O) groups excluding carboxylic acids is 1. The Hall–Kier alpha value is -0.770. The average Bonchev–Trinajstić information content (AvgIpc) is 3.05. The first kappa shape index (κ1) is 11.7. The zero-order valence-corrected chi connectivity index (χ0v) is 10.2. The highest BCUT2D eigenvalue weighted by Gasteiger charge is 2.23. The molecule has 0 radical (unpaired) electrons. The Morgan fingerprint density at radius 3 is 2.56 bits per heavy atom. The topological polar surface area (TPSA) is 44.4 Å². The second-order valence-corrected chi connectivity index (χ2v) is 5.20. The van der Waals surface area contributed by atoms with E-state index >= 15 is 0 Å². The van der Waals surface area contributed by atoms with Crippen LogP contribution in [0.3, 0.4) is 0 Å². The zero-order valence-electron chi connectivity index (χ0n) is 10.2. The zero-order chi connectivity index (χ0) is 11.4. The minimum absolute atomic E-state index is 0.00729. The molecular weight excluding hydrogens is 202 g/mol. The van der Waals surface area contributed by atoms with Crippen LogP contribution < -0.4 is 10.6 Å². The van der Waals surface area contributed by atoms with Gasteiger partial charge in [-0.25, -0.2) is 4.79 Å². The number of nitrogens with zero attached hydrogens (tertiary/aromatic N) is 1. The third-order valence-corrected chi connectivity index (χ3v) is 3.50. The van der Waals surface area contributed by atoms with E-state index in [1.165, 1.54) is 25.9 Å². The van der Waals surface area contributed by atoms with E-state index < -0.39 is 0 Å². The molecule has 0 aromatic rings. The SMILES string of the molecule is CC1CCN(CCNC(=O)NC2CC2)CC1. The van der Waals surface area contributed by atoms with E-state index in [9.17, 15) is 4.79 Å². The summed E-state index contributed by atoms with van der Waals surface area (Å²) in [5, 5.41) is 5.85. The number of hydrogen-bond acceptors (Lipinski definition) is 2. The van der Waals surface area contributed by atoms with Crippen LogP contribution in [0.1, 0.15) is 32.6 Å². The van der Waals surface area contributed by atoms with Gasteiger partial charge in [0.05, 0.1) is 0 Å². The number of piperidine rings is 1. The maximum Gasteiger partial charge on any atom is 0.315 e. The van der Waals surface area contributed by atoms with Crippen molar-refractivity contribution >= 4 is 6.03 Å². The number of amides is 2. The van der Waals surface area contributed by atoms with Gasteiger partial charge in [0.2, 0.25) is 0 Å².